The van der Waals surface area contributed by atoms with Crippen molar-refractivity contribution in [2.75, 3.05) is 13.2 Å². The number of fused-ring (bicyclic) bond motifs is 1. The number of ketones is 1. The van der Waals surface area contributed by atoms with Crippen LogP contribution in [0.15, 0.2) is 91.0 Å². The molecule has 1 amide bonds. The number of hydrogen-bond donors (Lipinski definition) is 1. The summed E-state index contributed by atoms with van der Waals surface area (Å²) in [5.41, 5.74) is 3.71. The monoisotopic (exact) mass is 721 g/mol. The maximum absolute atomic E-state index is 13.8. The van der Waals surface area contributed by atoms with Gasteiger partial charge in [-0.3, -0.25) is 9.59 Å². The molecule has 2 heterocycles. The van der Waals surface area contributed by atoms with Gasteiger partial charge in [-0.05, 0) is 47.4 Å². The van der Waals surface area contributed by atoms with Crippen LogP contribution in [-0.2, 0) is 43.2 Å². The number of Topliss-reactive ketones (excluding diaryl/α,β-unsaturated/α-hetero) is 1. The summed E-state index contributed by atoms with van der Waals surface area (Å²) in [6, 6.07) is 26.0. The van der Waals surface area contributed by atoms with Crippen LogP contribution in [0.3, 0.4) is 0 Å². The minimum absolute atomic E-state index is 0.0814. The fourth-order valence-corrected chi connectivity index (χ4v) is 7.01. The van der Waals surface area contributed by atoms with Crippen molar-refractivity contribution in [1.82, 2.24) is 5.32 Å². The number of nitrogens with one attached hydrogen (secondary N) is 1. The zero-order chi connectivity index (χ0) is 34.5. The Hall–Kier alpha value is -3.76. The number of ether oxygens (including phenoxy) is 4. The Kier molecular flexibility index (Phi) is 11.3. The molecular weight excluding hydrogens is 689 g/mol. The Morgan fingerprint density at radius 3 is 2.00 bits per heavy atom. The van der Waals surface area contributed by atoms with Crippen molar-refractivity contribution in [1.29, 1.82) is 0 Å². The first-order chi connectivity index (χ1) is 23.7. The van der Waals surface area contributed by atoms with Crippen LogP contribution in [0.2, 0.25) is 15.1 Å². The molecule has 8 nitrogen and oxygen atoms in total. The normalized spacial score (nSPS) is 20.4. The van der Waals surface area contributed by atoms with Crippen LogP contribution < -0.4 is 5.32 Å². The molecule has 4 aromatic carbocycles. The lowest BCUT2D eigenvalue weighted by atomic mass is 9.99. The van der Waals surface area contributed by atoms with Gasteiger partial charge in [0, 0.05) is 12.8 Å². The second-order valence-corrected chi connectivity index (χ2v) is 13.3. The molecule has 6 rings (SSSR count). The predicted octanol–water partition coefficient (Wildman–Crippen LogP) is 7.02. The maximum atomic E-state index is 13.8. The molecule has 5 atom stereocenters. The standard InChI is InChI=1S/C38H34Cl3NO7/c1-22-7-5-10-26(39)33(22)37(44)42-29(17-23-13-15-24(16-14-23)18-30(43)34-27(40)11-6-12-28(34)41)38(45)49-32-21-48-35-31(20-47-36(32)35)46-19-25-8-3-2-4-9-25/h2-16,29,31-32,35-36H,17-21H2,1H3,(H,42,44)/t29?,31?,32-,35+,36+/m0/s1. The zero-order valence-corrected chi connectivity index (χ0v) is 28.8. The highest BCUT2D eigenvalue weighted by molar-refractivity contribution is 6.39. The Bertz CT molecular complexity index is 1780. The van der Waals surface area contributed by atoms with Crippen molar-refractivity contribution >= 4 is 52.5 Å². The minimum atomic E-state index is -1.07. The van der Waals surface area contributed by atoms with E-state index in [-0.39, 0.29) is 57.5 Å². The van der Waals surface area contributed by atoms with E-state index in [4.69, 9.17) is 53.8 Å². The lowest BCUT2D eigenvalue weighted by Crippen LogP contribution is -2.46. The summed E-state index contributed by atoms with van der Waals surface area (Å²) < 4.78 is 24.0. The van der Waals surface area contributed by atoms with Crippen molar-refractivity contribution in [3.63, 3.8) is 0 Å². The number of halogens is 3. The summed E-state index contributed by atoms with van der Waals surface area (Å²) in [7, 11) is 0. The van der Waals surface area contributed by atoms with Gasteiger partial charge in [0.1, 0.15) is 24.4 Å². The minimum Gasteiger partial charge on any atom is -0.455 e. The van der Waals surface area contributed by atoms with Crippen LogP contribution >= 0.6 is 34.8 Å². The number of benzene rings is 4. The lowest BCUT2D eigenvalue weighted by molar-refractivity contribution is -0.156. The molecule has 2 aliphatic heterocycles. The molecule has 2 unspecified atom stereocenters. The second kappa shape index (κ2) is 15.9. The quantitative estimate of drug-likeness (QED) is 0.124. The molecule has 0 bridgehead atoms. The molecule has 0 saturated carbocycles. The largest absolute Gasteiger partial charge is 0.455 e. The summed E-state index contributed by atoms with van der Waals surface area (Å²) in [5, 5.41) is 3.68. The van der Waals surface area contributed by atoms with Crippen molar-refractivity contribution in [2.24, 2.45) is 0 Å². The molecule has 2 saturated heterocycles. The van der Waals surface area contributed by atoms with E-state index in [1.165, 1.54) is 0 Å². The fourth-order valence-electron chi connectivity index (χ4n) is 6.09. The van der Waals surface area contributed by atoms with Gasteiger partial charge >= 0.3 is 5.97 Å². The first-order valence-electron chi connectivity index (χ1n) is 15.9. The van der Waals surface area contributed by atoms with E-state index in [1.807, 2.05) is 30.3 Å². The average molecular weight is 723 g/mol. The van der Waals surface area contributed by atoms with Gasteiger partial charge < -0.3 is 24.3 Å². The van der Waals surface area contributed by atoms with Crippen LogP contribution in [0.4, 0.5) is 0 Å². The van der Waals surface area contributed by atoms with E-state index < -0.39 is 36.2 Å². The topological polar surface area (TPSA) is 100 Å². The van der Waals surface area contributed by atoms with Crippen LogP contribution in [0.1, 0.15) is 43.0 Å². The smallest absolute Gasteiger partial charge is 0.329 e. The zero-order valence-electron chi connectivity index (χ0n) is 26.6. The van der Waals surface area contributed by atoms with E-state index in [9.17, 15) is 14.4 Å². The third-order valence-electron chi connectivity index (χ3n) is 8.64. The Morgan fingerprint density at radius 2 is 1.33 bits per heavy atom. The van der Waals surface area contributed by atoms with Gasteiger partial charge in [0.2, 0.25) is 0 Å². The van der Waals surface area contributed by atoms with E-state index in [0.717, 1.165) is 16.7 Å². The van der Waals surface area contributed by atoms with E-state index in [2.05, 4.69) is 5.32 Å². The SMILES string of the molecule is Cc1cccc(Cl)c1C(=O)NC(Cc1ccc(CC(=O)c2c(Cl)cccc2Cl)cc1)C(=O)O[C@H]1CO[C@@H]2C(OCc3ccccc3)CO[C@H]12. The number of carbonyl (C=O) groups excluding carboxylic acids is 3. The third kappa shape index (κ3) is 8.35. The molecule has 0 aliphatic carbocycles. The number of amides is 1. The summed E-state index contributed by atoms with van der Waals surface area (Å²) in [4.78, 5) is 40.2. The van der Waals surface area contributed by atoms with Crippen LogP contribution in [0.25, 0.3) is 0 Å². The number of hydrogen-bond acceptors (Lipinski definition) is 7. The molecule has 254 valence electrons. The highest BCUT2D eigenvalue weighted by Gasteiger charge is 2.50. The van der Waals surface area contributed by atoms with Gasteiger partial charge in [-0.1, -0.05) is 108 Å². The summed E-state index contributed by atoms with van der Waals surface area (Å²) in [5.74, 6) is -1.36. The molecule has 0 spiro atoms. The van der Waals surface area contributed by atoms with Crippen molar-refractivity contribution in [3.05, 3.63) is 139 Å². The highest BCUT2D eigenvalue weighted by atomic mass is 35.5. The van der Waals surface area contributed by atoms with Crippen molar-refractivity contribution in [2.45, 2.75) is 56.8 Å². The van der Waals surface area contributed by atoms with Crippen molar-refractivity contribution in [3.8, 4) is 0 Å². The Morgan fingerprint density at radius 1 is 0.735 bits per heavy atom. The third-order valence-corrected chi connectivity index (χ3v) is 9.59. The molecule has 0 radical (unpaired) electrons. The Balaban J connectivity index is 1.14. The first kappa shape index (κ1) is 35.1. The highest BCUT2D eigenvalue weighted by Crippen LogP contribution is 2.32. The van der Waals surface area contributed by atoms with Gasteiger partial charge in [0.25, 0.3) is 5.91 Å². The molecule has 2 fully saturated rings. The Labute approximate surface area is 299 Å². The summed E-state index contributed by atoms with van der Waals surface area (Å²) in [6.07, 6.45) is -1.70. The van der Waals surface area contributed by atoms with E-state index in [1.54, 1.807) is 67.6 Å². The maximum Gasteiger partial charge on any atom is 0.329 e. The number of esters is 1. The number of rotatable bonds is 12. The van der Waals surface area contributed by atoms with Crippen LogP contribution in [-0.4, -0.2) is 61.3 Å². The number of aryl methyl sites for hydroxylation is 1. The summed E-state index contributed by atoms with van der Waals surface area (Å²) in [6.45, 7) is 2.62. The molecule has 0 aromatic heterocycles. The first-order valence-corrected chi connectivity index (χ1v) is 17.0. The van der Waals surface area contributed by atoms with Crippen molar-refractivity contribution < 1.29 is 33.3 Å². The average Bonchev–Trinajstić information content (AvgIpc) is 3.67. The van der Waals surface area contributed by atoms with E-state index in [0.29, 0.717) is 18.8 Å². The van der Waals surface area contributed by atoms with Gasteiger partial charge in [0.05, 0.1) is 46.0 Å². The second-order valence-electron chi connectivity index (χ2n) is 12.1. The van der Waals surface area contributed by atoms with Crippen LogP contribution in [0.5, 0.6) is 0 Å². The lowest BCUT2D eigenvalue weighted by Gasteiger charge is -2.23. The van der Waals surface area contributed by atoms with Gasteiger partial charge in [-0.2, -0.15) is 0 Å². The molecular formula is C38H34Cl3NO7. The molecule has 11 heteroatoms. The summed E-state index contributed by atoms with van der Waals surface area (Å²) >= 11 is 18.8. The van der Waals surface area contributed by atoms with Gasteiger partial charge in [-0.25, -0.2) is 4.79 Å². The molecule has 2 aliphatic rings. The fraction of sp³-hybridized carbons (Fsp3) is 0.289. The molecule has 1 N–H and O–H groups in total. The molecule has 4 aromatic rings. The van der Waals surface area contributed by atoms with Gasteiger partial charge in [-0.15, -0.1) is 0 Å². The van der Waals surface area contributed by atoms with Crippen LogP contribution in [0, 0.1) is 6.92 Å². The van der Waals surface area contributed by atoms with Gasteiger partial charge in [0.15, 0.2) is 11.9 Å². The van der Waals surface area contributed by atoms with E-state index >= 15 is 0 Å². The predicted molar refractivity (Wildman–Crippen MR) is 186 cm³/mol. The number of carbonyl (C=O) groups is 3. The molecule has 49 heavy (non-hydrogen) atoms.